The summed E-state index contributed by atoms with van der Waals surface area (Å²) in [5.74, 6) is 0.384. The van der Waals surface area contributed by atoms with E-state index < -0.39 is 0 Å². The maximum atomic E-state index is 11.2. The first-order valence-electron chi connectivity index (χ1n) is 6.88. The fourth-order valence-corrected chi connectivity index (χ4v) is 2.37. The molecule has 0 aromatic heterocycles. The lowest BCUT2D eigenvalue weighted by Crippen LogP contribution is -2.21. The van der Waals surface area contributed by atoms with Crippen LogP contribution in [0, 0.1) is 11.3 Å². The third-order valence-electron chi connectivity index (χ3n) is 3.10. The van der Waals surface area contributed by atoms with E-state index in [1.807, 2.05) is 12.1 Å². The van der Waals surface area contributed by atoms with Gasteiger partial charge in [-0.15, -0.1) is 0 Å². The van der Waals surface area contributed by atoms with E-state index in [9.17, 15) is 4.79 Å². The molecule has 0 atom stereocenters. The van der Waals surface area contributed by atoms with Gasteiger partial charge in [-0.2, -0.15) is 5.26 Å². The van der Waals surface area contributed by atoms with Gasteiger partial charge in [-0.3, -0.25) is 4.79 Å². The average Bonchev–Trinajstić information content (AvgIpc) is 2.54. The number of hydrogen-bond donors (Lipinski definition) is 1. The van der Waals surface area contributed by atoms with E-state index >= 15 is 0 Å². The van der Waals surface area contributed by atoms with Crippen LogP contribution < -0.4 is 10.1 Å². The summed E-state index contributed by atoms with van der Waals surface area (Å²) < 4.78 is 5.67. The van der Waals surface area contributed by atoms with Gasteiger partial charge in [0.05, 0.1) is 6.07 Å². The van der Waals surface area contributed by atoms with Crippen molar-refractivity contribution in [1.82, 2.24) is 5.32 Å². The zero-order valence-electron chi connectivity index (χ0n) is 12.2. The van der Waals surface area contributed by atoms with Crippen LogP contribution in [-0.4, -0.2) is 5.91 Å². The molecule has 2 aromatic carbocycles. The number of nitrogens with one attached hydrogen (secondary N) is 1. The largest absolute Gasteiger partial charge is 0.489 e. The molecule has 1 N–H and O–H groups in total. The first-order chi connectivity index (χ1) is 11.1. The van der Waals surface area contributed by atoms with E-state index in [2.05, 4.69) is 5.32 Å². The van der Waals surface area contributed by atoms with Gasteiger partial charge in [-0.1, -0.05) is 41.4 Å². The van der Waals surface area contributed by atoms with Crippen molar-refractivity contribution in [2.45, 2.75) is 19.6 Å². The molecule has 0 saturated heterocycles. The molecular weight excluding hydrogens is 335 g/mol. The Morgan fingerprint density at radius 2 is 1.78 bits per heavy atom. The summed E-state index contributed by atoms with van der Waals surface area (Å²) in [7, 11) is 0. The number of hydrogen-bond acceptors (Lipinski definition) is 3. The molecule has 0 aliphatic heterocycles. The minimum absolute atomic E-state index is 0.139. The van der Waals surface area contributed by atoms with Gasteiger partial charge in [-0.25, -0.2) is 0 Å². The highest BCUT2D eigenvalue weighted by Gasteiger charge is 2.06. The number of amides is 1. The van der Waals surface area contributed by atoms with Gasteiger partial charge in [0.15, 0.2) is 0 Å². The van der Waals surface area contributed by atoms with Crippen molar-refractivity contribution in [1.29, 1.82) is 5.26 Å². The van der Waals surface area contributed by atoms with E-state index in [0.29, 0.717) is 22.3 Å². The molecule has 2 aromatic rings. The fraction of sp³-hybridized carbons (Fsp3) is 0.176. The SMILES string of the molecule is N#CCC(=O)NCc1ccc(OCc2c(Cl)cccc2Cl)cc1. The predicted molar refractivity (Wildman–Crippen MR) is 89.3 cm³/mol. The molecule has 1 amide bonds. The lowest BCUT2D eigenvalue weighted by Gasteiger charge is -2.10. The summed E-state index contributed by atoms with van der Waals surface area (Å²) in [6, 6.07) is 14.4. The zero-order chi connectivity index (χ0) is 16.7. The molecule has 0 saturated carbocycles. The van der Waals surface area contributed by atoms with Crippen LogP contribution in [0.25, 0.3) is 0 Å². The van der Waals surface area contributed by atoms with Crippen LogP contribution in [0.5, 0.6) is 5.75 Å². The lowest BCUT2D eigenvalue weighted by molar-refractivity contribution is -0.120. The van der Waals surface area contributed by atoms with Crippen molar-refractivity contribution < 1.29 is 9.53 Å². The first-order valence-corrected chi connectivity index (χ1v) is 7.64. The number of nitrogens with zero attached hydrogens (tertiary/aromatic N) is 1. The maximum absolute atomic E-state index is 11.2. The molecule has 0 fully saturated rings. The van der Waals surface area contributed by atoms with E-state index in [-0.39, 0.29) is 18.9 Å². The molecule has 0 aliphatic rings. The Morgan fingerprint density at radius 3 is 2.39 bits per heavy atom. The highest BCUT2D eigenvalue weighted by molar-refractivity contribution is 6.35. The molecule has 0 spiro atoms. The van der Waals surface area contributed by atoms with Gasteiger partial charge >= 0.3 is 0 Å². The van der Waals surface area contributed by atoms with Crippen molar-refractivity contribution in [3.8, 4) is 11.8 Å². The second-order valence-corrected chi connectivity index (χ2v) is 5.56. The summed E-state index contributed by atoms with van der Waals surface area (Å²) in [6.45, 7) is 0.647. The first kappa shape index (κ1) is 17.1. The normalized spacial score (nSPS) is 9.96. The van der Waals surface area contributed by atoms with Crippen molar-refractivity contribution in [3.05, 3.63) is 63.6 Å². The minimum atomic E-state index is -0.291. The third kappa shape index (κ3) is 5.17. The summed E-state index contributed by atoms with van der Waals surface area (Å²) in [6.07, 6.45) is -0.139. The molecule has 4 nitrogen and oxygen atoms in total. The average molecular weight is 349 g/mol. The Labute approximate surface area is 144 Å². The van der Waals surface area contributed by atoms with Crippen molar-refractivity contribution in [2.75, 3.05) is 0 Å². The van der Waals surface area contributed by atoms with Crippen LogP contribution >= 0.6 is 23.2 Å². The number of halogens is 2. The van der Waals surface area contributed by atoms with Gasteiger partial charge in [-0.05, 0) is 29.8 Å². The Balaban J connectivity index is 1.90. The molecule has 0 radical (unpaired) electrons. The predicted octanol–water partition coefficient (Wildman–Crippen LogP) is 4.10. The molecule has 2 rings (SSSR count). The Bertz CT molecular complexity index is 704. The molecule has 0 bridgehead atoms. The number of benzene rings is 2. The Kier molecular flexibility index (Phi) is 6.28. The number of rotatable bonds is 6. The number of ether oxygens (including phenoxy) is 1. The zero-order valence-corrected chi connectivity index (χ0v) is 13.7. The smallest absolute Gasteiger partial charge is 0.234 e. The van der Waals surface area contributed by atoms with Gasteiger partial charge < -0.3 is 10.1 Å². The van der Waals surface area contributed by atoms with Crippen LogP contribution in [0.1, 0.15) is 17.5 Å². The number of carbonyl (C=O) groups is 1. The number of nitriles is 1. The molecule has 118 valence electrons. The molecule has 0 unspecified atom stereocenters. The quantitative estimate of drug-likeness (QED) is 0.854. The molecule has 0 heterocycles. The second-order valence-electron chi connectivity index (χ2n) is 4.74. The van der Waals surface area contributed by atoms with Gasteiger partial charge in [0.2, 0.25) is 5.91 Å². The van der Waals surface area contributed by atoms with Gasteiger partial charge in [0.25, 0.3) is 0 Å². The Hall–Kier alpha value is -2.22. The van der Waals surface area contributed by atoms with Crippen LogP contribution in [0.2, 0.25) is 10.0 Å². The fourth-order valence-electron chi connectivity index (χ4n) is 1.86. The maximum Gasteiger partial charge on any atom is 0.234 e. The summed E-state index contributed by atoms with van der Waals surface area (Å²) in [5.41, 5.74) is 1.66. The van der Waals surface area contributed by atoms with Crippen LogP contribution in [0.3, 0.4) is 0 Å². The molecular formula is C17H14Cl2N2O2. The standard InChI is InChI=1S/C17H14Cl2N2O2/c18-15-2-1-3-16(19)14(15)11-23-13-6-4-12(5-7-13)10-21-17(22)8-9-20/h1-7H,8,10-11H2,(H,21,22). The third-order valence-corrected chi connectivity index (χ3v) is 3.81. The van der Waals surface area contributed by atoms with Gasteiger partial charge in [0, 0.05) is 22.2 Å². The van der Waals surface area contributed by atoms with Crippen LogP contribution in [0.15, 0.2) is 42.5 Å². The molecule has 23 heavy (non-hydrogen) atoms. The molecule has 0 aliphatic carbocycles. The summed E-state index contributed by atoms with van der Waals surface area (Å²) >= 11 is 12.2. The van der Waals surface area contributed by atoms with Crippen molar-refractivity contribution in [2.24, 2.45) is 0 Å². The van der Waals surface area contributed by atoms with E-state index in [1.54, 1.807) is 36.4 Å². The topological polar surface area (TPSA) is 62.1 Å². The highest BCUT2D eigenvalue weighted by Crippen LogP contribution is 2.25. The monoisotopic (exact) mass is 348 g/mol. The molecule has 6 heteroatoms. The van der Waals surface area contributed by atoms with Crippen molar-refractivity contribution >= 4 is 29.1 Å². The highest BCUT2D eigenvalue weighted by atomic mass is 35.5. The summed E-state index contributed by atoms with van der Waals surface area (Å²) in [4.78, 5) is 11.2. The lowest BCUT2D eigenvalue weighted by atomic mass is 10.2. The number of carbonyl (C=O) groups excluding carboxylic acids is 1. The van der Waals surface area contributed by atoms with E-state index in [1.165, 1.54) is 0 Å². The summed E-state index contributed by atoms with van der Waals surface area (Å²) in [5, 5.41) is 12.2. The van der Waals surface area contributed by atoms with Crippen LogP contribution in [0.4, 0.5) is 0 Å². The van der Waals surface area contributed by atoms with E-state index in [4.69, 9.17) is 33.2 Å². The van der Waals surface area contributed by atoms with Gasteiger partial charge in [0.1, 0.15) is 18.8 Å². The van der Waals surface area contributed by atoms with Crippen LogP contribution in [-0.2, 0) is 17.9 Å². The van der Waals surface area contributed by atoms with E-state index in [0.717, 1.165) is 11.1 Å². The second kappa shape index (κ2) is 8.42. The van der Waals surface area contributed by atoms with Crippen molar-refractivity contribution in [3.63, 3.8) is 0 Å². The minimum Gasteiger partial charge on any atom is -0.489 e. The Morgan fingerprint density at radius 1 is 1.13 bits per heavy atom.